The Bertz CT molecular complexity index is 423. The summed E-state index contributed by atoms with van der Waals surface area (Å²) in [5.41, 5.74) is 8.77. The Kier molecular flexibility index (Phi) is 4.76. The van der Waals surface area contributed by atoms with Gasteiger partial charge in [-0.15, -0.1) is 0 Å². The van der Waals surface area contributed by atoms with Crippen molar-refractivity contribution < 1.29 is 9.84 Å². The molecule has 0 saturated heterocycles. The van der Waals surface area contributed by atoms with Crippen LogP contribution in [-0.4, -0.2) is 18.8 Å². The van der Waals surface area contributed by atoms with Gasteiger partial charge in [-0.3, -0.25) is 0 Å². The van der Waals surface area contributed by atoms with Crippen LogP contribution in [0.15, 0.2) is 29.4 Å². The normalized spacial score (nSPS) is 10.1. The lowest BCUT2D eigenvalue weighted by molar-refractivity contribution is 0.407. The molecule has 0 bridgehead atoms. The Hall–Kier alpha value is -2.13. The monoisotopic (exact) mass is 219 g/mol. The summed E-state index contributed by atoms with van der Waals surface area (Å²) in [6.07, 6.45) is 4.27. The fourth-order valence-electron chi connectivity index (χ4n) is 1.18. The van der Waals surface area contributed by atoms with E-state index >= 15 is 0 Å². The van der Waals surface area contributed by atoms with E-state index in [1.807, 2.05) is 6.08 Å². The zero-order chi connectivity index (χ0) is 11.8. The van der Waals surface area contributed by atoms with E-state index in [2.05, 4.69) is 10.0 Å². The van der Waals surface area contributed by atoms with Crippen molar-refractivity contribution in [2.24, 2.45) is 5.11 Å². The third-order valence-electron chi connectivity index (χ3n) is 1.99. The smallest absolute Gasteiger partial charge is 0.126 e. The van der Waals surface area contributed by atoms with E-state index in [9.17, 15) is 5.11 Å². The van der Waals surface area contributed by atoms with Gasteiger partial charge in [-0.2, -0.15) is 0 Å². The SMILES string of the molecule is COc1ccc(C=CCCN=[N+]=[N-])c(O)c1. The van der Waals surface area contributed by atoms with Crippen LogP contribution in [0.5, 0.6) is 11.5 Å². The highest BCUT2D eigenvalue weighted by atomic mass is 16.5. The maximum atomic E-state index is 9.61. The number of hydrogen-bond acceptors (Lipinski definition) is 3. The van der Waals surface area contributed by atoms with E-state index in [0.717, 1.165) is 0 Å². The van der Waals surface area contributed by atoms with Crippen molar-refractivity contribution in [2.75, 3.05) is 13.7 Å². The van der Waals surface area contributed by atoms with Gasteiger partial charge in [0, 0.05) is 23.1 Å². The molecule has 0 heterocycles. The summed E-state index contributed by atoms with van der Waals surface area (Å²) >= 11 is 0. The molecule has 0 fully saturated rings. The van der Waals surface area contributed by atoms with E-state index in [1.165, 1.54) is 0 Å². The van der Waals surface area contributed by atoms with Crippen LogP contribution < -0.4 is 4.74 Å². The molecule has 0 aromatic heterocycles. The van der Waals surface area contributed by atoms with E-state index < -0.39 is 0 Å². The van der Waals surface area contributed by atoms with Gasteiger partial charge in [0.05, 0.1) is 7.11 Å². The van der Waals surface area contributed by atoms with Crippen molar-refractivity contribution >= 4 is 6.08 Å². The second-order valence-corrected chi connectivity index (χ2v) is 3.07. The molecule has 0 radical (unpaired) electrons. The highest BCUT2D eigenvalue weighted by Crippen LogP contribution is 2.24. The maximum absolute atomic E-state index is 9.61. The fourth-order valence-corrected chi connectivity index (χ4v) is 1.18. The van der Waals surface area contributed by atoms with Crippen LogP contribution in [-0.2, 0) is 0 Å². The second kappa shape index (κ2) is 6.37. The number of phenolic OH excluding ortho intramolecular Hbond substituents is 1. The van der Waals surface area contributed by atoms with Crippen molar-refractivity contribution in [3.8, 4) is 11.5 Å². The van der Waals surface area contributed by atoms with Gasteiger partial charge in [0.1, 0.15) is 11.5 Å². The van der Waals surface area contributed by atoms with E-state index in [4.69, 9.17) is 10.3 Å². The van der Waals surface area contributed by atoms with Crippen LogP contribution in [0.3, 0.4) is 0 Å². The molecule has 0 unspecified atom stereocenters. The molecule has 84 valence electrons. The first-order chi connectivity index (χ1) is 7.77. The van der Waals surface area contributed by atoms with Crippen LogP contribution in [0, 0.1) is 0 Å². The minimum Gasteiger partial charge on any atom is -0.507 e. The van der Waals surface area contributed by atoms with Gasteiger partial charge in [-0.05, 0) is 24.1 Å². The molecule has 5 heteroatoms. The molecule has 1 rings (SSSR count). The van der Waals surface area contributed by atoms with Crippen molar-refractivity contribution in [2.45, 2.75) is 6.42 Å². The first-order valence-corrected chi connectivity index (χ1v) is 4.82. The number of nitrogens with zero attached hydrogens (tertiary/aromatic N) is 3. The molecule has 0 saturated carbocycles. The predicted octanol–water partition coefficient (Wildman–Crippen LogP) is 3.11. The van der Waals surface area contributed by atoms with E-state index in [0.29, 0.717) is 24.3 Å². The molecule has 0 spiro atoms. The Morgan fingerprint density at radius 3 is 3.00 bits per heavy atom. The molecule has 0 atom stereocenters. The van der Waals surface area contributed by atoms with Crippen LogP contribution >= 0.6 is 0 Å². The lowest BCUT2D eigenvalue weighted by atomic mass is 10.1. The first-order valence-electron chi connectivity index (χ1n) is 4.82. The highest BCUT2D eigenvalue weighted by Gasteiger charge is 1.98. The number of rotatable bonds is 5. The van der Waals surface area contributed by atoms with Crippen LogP contribution in [0.25, 0.3) is 16.5 Å². The Balaban J connectivity index is 2.63. The average Bonchev–Trinajstić information content (AvgIpc) is 2.30. The second-order valence-electron chi connectivity index (χ2n) is 3.07. The zero-order valence-corrected chi connectivity index (χ0v) is 9.00. The number of phenols is 1. The largest absolute Gasteiger partial charge is 0.507 e. The predicted molar refractivity (Wildman–Crippen MR) is 62.3 cm³/mol. The third-order valence-corrected chi connectivity index (χ3v) is 1.99. The van der Waals surface area contributed by atoms with Gasteiger partial charge in [0.15, 0.2) is 0 Å². The van der Waals surface area contributed by atoms with Crippen LogP contribution in [0.1, 0.15) is 12.0 Å². The summed E-state index contributed by atoms with van der Waals surface area (Å²) in [7, 11) is 1.55. The summed E-state index contributed by atoms with van der Waals surface area (Å²) < 4.78 is 4.97. The maximum Gasteiger partial charge on any atom is 0.126 e. The number of ether oxygens (including phenoxy) is 1. The Morgan fingerprint density at radius 1 is 1.56 bits per heavy atom. The molecule has 1 aromatic rings. The number of benzene rings is 1. The highest BCUT2D eigenvalue weighted by molar-refractivity contribution is 5.58. The molecular formula is C11H13N3O2. The molecular weight excluding hydrogens is 206 g/mol. The molecule has 5 nitrogen and oxygen atoms in total. The molecule has 0 aliphatic rings. The molecule has 0 aliphatic heterocycles. The van der Waals surface area contributed by atoms with Gasteiger partial charge in [0.25, 0.3) is 0 Å². The number of hydrogen-bond donors (Lipinski definition) is 1. The van der Waals surface area contributed by atoms with Gasteiger partial charge in [-0.25, -0.2) is 0 Å². The van der Waals surface area contributed by atoms with Crippen LogP contribution in [0.2, 0.25) is 0 Å². The number of azide groups is 1. The van der Waals surface area contributed by atoms with Crippen molar-refractivity contribution in [3.63, 3.8) is 0 Å². The molecule has 16 heavy (non-hydrogen) atoms. The summed E-state index contributed by atoms with van der Waals surface area (Å²) in [6, 6.07) is 5.08. The van der Waals surface area contributed by atoms with Crippen molar-refractivity contribution in [1.29, 1.82) is 0 Å². The fraction of sp³-hybridized carbons (Fsp3) is 0.273. The first kappa shape index (κ1) is 11.9. The van der Waals surface area contributed by atoms with Gasteiger partial charge in [0.2, 0.25) is 0 Å². The summed E-state index contributed by atoms with van der Waals surface area (Å²) in [4.78, 5) is 2.65. The van der Waals surface area contributed by atoms with E-state index in [-0.39, 0.29) is 5.75 Å². The number of aromatic hydroxyl groups is 1. The van der Waals surface area contributed by atoms with Gasteiger partial charge in [-0.1, -0.05) is 17.3 Å². The average molecular weight is 219 g/mol. The number of methoxy groups -OCH3 is 1. The third kappa shape index (κ3) is 3.55. The topological polar surface area (TPSA) is 78.2 Å². The summed E-state index contributed by atoms with van der Waals surface area (Å²) in [5, 5.41) is 13.0. The summed E-state index contributed by atoms with van der Waals surface area (Å²) in [6.45, 7) is 0.421. The standard InChI is InChI=1S/C11H13N3O2/c1-16-10-6-5-9(11(15)8-10)4-2-3-7-13-14-12/h2,4-6,8,15H,3,7H2,1H3. The van der Waals surface area contributed by atoms with Gasteiger partial charge >= 0.3 is 0 Å². The van der Waals surface area contributed by atoms with Crippen molar-refractivity contribution in [3.05, 3.63) is 40.3 Å². The summed E-state index contributed by atoms with van der Waals surface area (Å²) in [5.74, 6) is 0.781. The van der Waals surface area contributed by atoms with Crippen LogP contribution in [0.4, 0.5) is 0 Å². The zero-order valence-electron chi connectivity index (χ0n) is 9.00. The quantitative estimate of drug-likeness (QED) is 0.357. The molecule has 1 aromatic carbocycles. The lowest BCUT2D eigenvalue weighted by Crippen LogP contribution is -1.83. The lowest BCUT2D eigenvalue weighted by Gasteiger charge is -2.02. The molecule has 0 aliphatic carbocycles. The minimum absolute atomic E-state index is 0.166. The Morgan fingerprint density at radius 2 is 2.38 bits per heavy atom. The minimum atomic E-state index is 0.166. The van der Waals surface area contributed by atoms with Crippen molar-refractivity contribution in [1.82, 2.24) is 0 Å². The Labute approximate surface area is 93.6 Å². The molecule has 1 N–H and O–H groups in total. The van der Waals surface area contributed by atoms with E-state index in [1.54, 1.807) is 31.4 Å². The molecule has 0 amide bonds. The van der Waals surface area contributed by atoms with Gasteiger partial charge < -0.3 is 9.84 Å².